The van der Waals surface area contributed by atoms with Crippen LogP contribution in [0.4, 0.5) is 0 Å². The molecule has 0 bridgehead atoms. The van der Waals surface area contributed by atoms with Crippen LogP contribution < -0.4 is 14.8 Å². The van der Waals surface area contributed by atoms with E-state index in [1.807, 2.05) is 25.1 Å². The van der Waals surface area contributed by atoms with E-state index in [-0.39, 0.29) is 24.8 Å². The van der Waals surface area contributed by atoms with Crippen LogP contribution in [0.15, 0.2) is 48.5 Å². The molecule has 0 spiro atoms. The van der Waals surface area contributed by atoms with Crippen molar-refractivity contribution in [2.24, 2.45) is 5.92 Å². The highest BCUT2D eigenvalue weighted by atomic mass is 35.5. The predicted molar refractivity (Wildman–Crippen MR) is 132 cm³/mol. The Morgan fingerprint density at radius 3 is 2.32 bits per heavy atom. The SMILES string of the molecule is CCOc1cc([C@H](C2CCCC2)N2CCNCC2)ccc1OCc1ccccc1.Cl.Cl. The molecule has 1 aliphatic heterocycles. The van der Waals surface area contributed by atoms with Crippen molar-refractivity contribution in [3.63, 3.8) is 0 Å². The number of hydrogen-bond donors (Lipinski definition) is 1. The molecule has 4 rings (SSSR count). The van der Waals surface area contributed by atoms with E-state index >= 15 is 0 Å². The Balaban J connectivity index is 0.00000171. The van der Waals surface area contributed by atoms with Gasteiger partial charge >= 0.3 is 0 Å². The van der Waals surface area contributed by atoms with Gasteiger partial charge in [0, 0.05) is 32.2 Å². The van der Waals surface area contributed by atoms with Gasteiger partial charge in [-0.3, -0.25) is 4.90 Å². The van der Waals surface area contributed by atoms with Gasteiger partial charge in [-0.25, -0.2) is 0 Å². The lowest BCUT2D eigenvalue weighted by atomic mass is 9.89. The molecule has 0 unspecified atom stereocenters. The fourth-order valence-corrected chi connectivity index (χ4v) is 4.85. The maximum atomic E-state index is 6.13. The van der Waals surface area contributed by atoms with Crippen molar-refractivity contribution in [2.75, 3.05) is 32.8 Å². The van der Waals surface area contributed by atoms with Crippen molar-refractivity contribution in [1.82, 2.24) is 10.2 Å². The van der Waals surface area contributed by atoms with Crippen molar-refractivity contribution in [3.05, 3.63) is 59.7 Å². The summed E-state index contributed by atoms with van der Waals surface area (Å²) in [6.45, 7) is 7.66. The molecule has 0 aromatic heterocycles. The second-order valence-corrected chi connectivity index (χ2v) is 8.19. The molecule has 2 fully saturated rings. The number of hydrogen-bond acceptors (Lipinski definition) is 4. The monoisotopic (exact) mass is 466 g/mol. The molecule has 31 heavy (non-hydrogen) atoms. The molecule has 1 atom stereocenters. The summed E-state index contributed by atoms with van der Waals surface area (Å²) in [5.74, 6) is 2.46. The zero-order valence-electron chi connectivity index (χ0n) is 18.4. The number of benzene rings is 2. The van der Waals surface area contributed by atoms with Gasteiger partial charge < -0.3 is 14.8 Å². The number of ether oxygens (including phenoxy) is 2. The molecule has 1 saturated heterocycles. The standard InChI is InChI=1S/C25H34N2O2.2ClH/c1-2-28-24-18-22(12-13-23(24)29-19-20-8-4-3-5-9-20)25(21-10-6-7-11-21)27-16-14-26-15-17-27;;/h3-5,8-9,12-13,18,21,25-26H,2,6-7,10-11,14-17,19H2,1H3;2*1H/t25-;;/m0../s1. The third kappa shape index (κ3) is 6.76. The quantitative estimate of drug-likeness (QED) is 0.545. The van der Waals surface area contributed by atoms with E-state index in [9.17, 15) is 0 Å². The van der Waals surface area contributed by atoms with Gasteiger partial charge in [0.25, 0.3) is 0 Å². The number of halogens is 2. The van der Waals surface area contributed by atoms with E-state index in [0.29, 0.717) is 19.3 Å². The van der Waals surface area contributed by atoms with Crippen LogP contribution in [0.2, 0.25) is 0 Å². The minimum atomic E-state index is 0. The van der Waals surface area contributed by atoms with Crippen molar-refractivity contribution in [2.45, 2.75) is 45.3 Å². The third-order valence-electron chi connectivity index (χ3n) is 6.24. The maximum Gasteiger partial charge on any atom is 0.161 e. The van der Waals surface area contributed by atoms with Gasteiger partial charge in [-0.1, -0.05) is 49.2 Å². The Labute approximate surface area is 199 Å². The van der Waals surface area contributed by atoms with Gasteiger partial charge in [0.15, 0.2) is 11.5 Å². The van der Waals surface area contributed by atoms with Gasteiger partial charge in [-0.05, 0) is 48.9 Å². The lowest BCUT2D eigenvalue weighted by molar-refractivity contribution is 0.125. The topological polar surface area (TPSA) is 33.7 Å². The fourth-order valence-electron chi connectivity index (χ4n) is 4.85. The maximum absolute atomic E-state index is 6.13. The third-order valence-corrected chi connectivity index (χ3v) is 6.24. The largest absolute Gasteiger partial charge is 0.490 e. The minimum absolute atomic E-state index is 0. The van der Waals surface area contributed by atoms with Crippen LogP contribution in [-0.2, 0) is 6.61 Å². The Hall–Kier alpha value is -1.46. The molecule has 4 nitrogen and oxygen atoms in total. The first-order valence-corrected chi connectivity index (χ1v) is 11.2. The average molecular weight is 467 g/mol. The minimum Gasteiger partial charge on any atom is -0.490 e. The van der Waals surface area contributed by atoms with E-state index in [1.54, 1.807) is 0 Å². The second-order valence-electron chi connectivity index (χ2n) is 8.19. The van der Waals surface area contributed by atoms with Crippen LogP contribution >= 0.6 is 24.8 Å². The summed E-state index contributed by atoms with van der Waals surface area (Å²) in [5.41, 5.74) is 2.55. The first kappa shape index (κ1) is 25.8. The van der Waals surface area contributed by atoms with E-state index in [2.05, 4.69) is 40.5 Å². The van der Waals surface area contributed by atoms with Crippen LogP contribution in [0.25, 0.3) is 0 Å². The molecule has 2 aromatic carbocycles. The van der Waals surface area contributed by atoms with E-state index in [0.717, 1.165) is 43.6 Å². The van der Waals surface area contributed by atoms with Gasteiger partial charge in [-0.15, -0.1) is 24.8 Å². The Morgan fingerprint density at radius 2 is 1.65 bits per heavy atom. The number of rotatable bonds is 8. The molecular weight excluding hydrogens is 431 g/mol. The molecule has 1 aliphatic carbocycles. The zero-order valence-corrected chi connectivity index (χ0v) is 20.1. The highest BCUT2D eigenvalue weighted by Crippen LogP contribution is 2.42. The molecule has 0 amide bonds. The van der Waals surface area contributed by atoms with Crippen LogP contribution in [0.3, 0.4) is 0 Å². The van der Waals surface area contributed by atoms with Crippen LogP contribution in [-0.4, -0.2) is 37.7 Å². The molecular formula is C25H36Cl2N2O2. The predicted octanol–water partition coefficient (Wildman–Crippen LogP) is 5.64. The Bertz CT molecular complexity index is 763. The summed E-state index contributed by atoms with van der Waals surface area (Å²) in [7, 11) is 0. The summed E-state index contributed by atoms with van der Waals surface area (Å²) < 4.78 is 12.1. The van der Waals surface area contributed by atoms with Gasteiger partial charge in [0.2, 0.25) is 0 Å². The lowest BCUT2D eigenvalue weighted by Gasteiger charge is -2.39. The number of nitrogens with zero attached hydrogens (tertiary/aromatic N) is 1. The lowest BCUT2D eigenvalue weighted by Crippen LogP contribution is -2.46. The van der Waals surface area contributed by atoms with Crippen LogP contribution in [0.1, 0.15) is 49.8 Å². The molecule has 1 heterocycles. The van der Waals surface area contributed by atoms with E-state index in [4.69, 9.17) is 9.47 Å². The van der Waals surface area contributed by atoms with E-state index < -0.39 is 0 Å². The summed E-state index contributed by atoms with van der Waals surface area (Å²) in [5, 5.41) is 3.50. The van der Waals surface area contributed by atoms with Gasteiger partial charge in [0.1, 0.15) is 6.61 Å². The molecule has 6 heteroatoms. The Morgan fingerprint density at radius 1 is 0.935 bits per heavy atom. The molecule has 2 aromatic rings. The van der Waals surface area contributed by atoms with Crippen LogP contribution in [0.5, 0.6) is 11.5 Å². The number of piperazine rings is 1. The molecule has 1 N–H and O–H groups in total. The molecule has 2 aliphatic rings. The normalized spacial score (nSPS) is 18.0. The summed E-state index contributed by atoms with van der Waals surface area (Å²) in [4.78, 5) is 2.68. The number of nitrogens with one attached hydrogen (secondary N) is 1. The molecule has 172 valence electrons. The molecule has 1 saturated carbocycles. The Kier molecular flexibility index (Phi) is 11.0. The van der Waals surface area contributed by atoms with Gasteiger partial charge in [-0.2, -0.15) is 0 Å². The van der Waals surface area contributed by atoms with E-state index in [1.165, 1.54) is 36.8 Å². The van der Waals surface area contributed by atoms with Crippen molar-refractivity contribution in [3.8, 4) is 11.5 Å². The average Bonchev–Trinajstić information content (AvgIpc) is 3.29. The highest BCUT2D eigenvalue weighted by molar-refractivity contribution is 5.85. The van der Waals surface area contributed by atoms with Crippen molar-refractivity contribution in [1.29, 1.82) is 0 Å². The second kappa shape index (κ2) is 13.2. The first-order valence-electron chi connectivity index (χ1n) is 11.2. The fraction of sp³-hybridized carbons (Fsp3) is 0.520. The summed E-state index contributed by atoms with van der Waals surface area (Å²) in [6.07, 6.45) is 5.41. The van der Waals surface area contributed by atoms with Crippen LogP contribution in [0, 0.1) is 5.92 Å². The zero-order chi connectivity index (χ0) is 19.9. The van der Waals surface area contributed by atoms with Crippen molar-refractivity contribution < 1.29 is 9.47 Å². The summed E-state index contributed by atoms with van der Waals surface area (Å²) in [6, 6.07) is 17.4. The van der Waals surface area contributed by atoms with Crippen molar-refractivity contribution >= 4 is 24.8 Å². The highest BCUT2D eigenvalue weighted by Gasteiger charge is 2.32. The summed E-state index contributed by atoms with van der Waals surface area (Å²) >= 11 is 0. The first-order chi connectivity index (χ1) is 14.3. The molecule has 0 radical (unpaired) electrons. The van der Waals surface area contributed by atoms with Gasteiger partial charge in [0.05, 0.1) is 6.61 Å². The smallest absolute Gasteiger partial charge is 0.161 e.